The average molecular weight is 410 g/mol. The van der Waals surface area contributed by atoms with Crippen molar-refractivity contribution in [2.75, 3.05) is 7.11 Å². The third-order valence-corrected chi connectivity index (χ3v) is 4.89. The Morgan fingerprint density at radius 1 is 0.933 bits per heavy atom. The first-order valence-electron chi connectivity index (χ1n) is 10.4. The van der Waals surface area contributed by atoms with Gasteiger partial charge in [0, 0.05) is 11.1 Å². The van der Waals surface area contributed by atoms with Gasteiger partial charge in [-0.05, 0) is 36.1 Å². The summed E-state index contributed by atoms with van der Waals surface area (Å²) in [6.45, 7) is 4.25. The van der Waals surface area contributed by atoms with Crippen molar-refractivity contribution in [3.8, 4) is 28.5 Å². The summed E-state index contributed by atoms with van der Waals surface area (Å²) in [6.07, 6.45) is 8.04. The van der Waals surface area contributed by atoms with Gasteiger partial charge in [0.25, 0.3) is 0 Å². The Labute approximate surface area is 178 Å². The number of ether oxygens (including phenoxy) is 1. The molecule has 0 amide bonds. The number of benzene rings is 2. The lowest BCUT2D eigenvalue weighted by atomic mass is 9.98. The van der Waals surface area contributed by atoms with E-state index in [2.05, 4.69) is 29.3 Å². The van der Waals surface area contributed by atoms with E-state index in [0.29, 0.717) is 11.4 Å². The van der Waals surface area contributed by atoms with E-state index in [1.165, 1.54) is 19.3 Å². The Morgan fingerprint density at radius 2 is 1.70 bits per heavy atom. The highest BCUT2D eigenvalue weighted by Crippen LogP contribution is 2.33. The molecule has 6 nitrogen and oxygen atoms in total. The molecule has 1 aromatic heterocycles. The first-order valence-corrected chi connectivity index (χ1v) is 10.4. The molecule has 0 aliphatic rings. The van der Waals surface area contributed by atoms with Crippen molar-refractivity contribution in [2.24, 2.45) is 0 Å². The van der Waals surface area contributed by atoms with Crippen LogP contribution < -0.4 is 4.74 Å². The van der Waals surface area contributed by atoms with Crippen LogP contribution in [0.4, 0.5) is 0 Å². The van der Waals surface area contributed by atoms with Crippen LogP contribution in [0.15, 0.2) is 48.7 Å². The molecule has 0 aliphatic carbocycles. The highest BCUT2D eigenvalue weighted by Gasteiger charge is 2.10. The van der Waals surface area contributed by atoms with E-state index in [4.69, 9.17) is 4.74 Å². The van der Waals surface area contributed by atoms with E-state index < -0.39 is 0 Å². The van der Waals surface area contributed by atoms with Gasteiger partial charge in [-0.3, -0.25) is 0 Å². The summed E-state index contributed by atoms with van der Waals surface area (Å²) in [5, 5.41) is 30.5. The van der Waals surface area contributed by atoms with Crippen molar-refractivity contribution in [1.29, 1.82) is 0 Å². The quantitative estimate of drug-likeness (QED) is 0.386. The molecular weight excluding hydrogens is 378 g/mol. The second-order valence-corrected chi connectivity index (χ2v) is 6.95. The fourth-order valence-corrected chi connectivity index (χ4v) is 3.21. The summed E-state index contributed by atoms with van der Waals surface area (Å²) in [7, 11) is 1.59. The SMILES string of the molecule is CCCCCCc1c(CC)ccc(O)c1O.COc1cnnnc1-c1ccccc1. The summed E-state index contributed by atoms with van der Waals surface area (Å²) < 4.78 is 5.13. The van der Waals surface area contributed by atoms with Gasteiger partial charge in [0.1, 0.15) is 5.69 Å². The smallest absolute Gasteiger partial charge is 0.167 e. The number of hydrogen-bond donors (Lipinski definition) is 2. The standard InChI is InChI=1S/C14H22O2.C10H9N3O/c1-3-5-6-7-8-12-11(4-2)9-10-13(15)14(12)16;1-14-9-7-11-13-12-10(9)8-5-3-2-4-6-8/h9-10,15-16H,3-8H2,1-2H3;2-7H,1H3. The highest BCUT2D eigenvalue weighted by molar-refractivity contribution is 5.64. The maximum atomic E-state index is 9.82. The molecule has 1 heterocycles. The molecule has 0 bridgehead atoms. The average Bonchev–Trinajstić information content (AvgIpc) is 2.80. The van der Waals surface area contributed by atoms with E-state index in [1.807, 2.05) is 36.4 Å². The van der Waals surface area contributed by atoms with Gasteiger partial charge in [0.15, 0.2) is 17.2 Å². The number of unbranched alkanes of at least 4 members (excludes halogenated alkanes) is 3. The normalized spacial score (nSPS) is 10.2. The Kier molecular flexibility index (Phi) is 9.58. The first kappa shape index (κ1) is 23.1. The number of methoxy groups -OCH3 is 1. The fraction of sp³-hybridized carbons (Fsp3) is 0.375. The van der Waals surface area contributed by atoms with Gasteiger partial charge in [-0.1, -0.05) is 69.5 Å². The number of nitrogens with zero attached hydrogens (tertiary/aromatic N) is 3. The second kappa shape index (κ2) is 12.4. The third-order valence-electron chi connectivity index (χ3n) is 4.89. The first-order chi connectivity index (χ1) is 14.6. The molecule has 2 N–H and O–H groups in total. The minimum absolute atomic E-state index is 0.00249. The molecule has 0 unspecified atom stereocenters. The molecule has 0 saturated carbocycles. The topological polar surface area (TPSA) is 88.4 Å². The van der Waals surface area contributed by atoms with Crippen molar-refractivity contribution in [1.82, 2.24) is 15.4 Å². The van der Waals surface area contributed by atoms with Gasteiger partial charge >= 0.3 is 0 Å². The molecule has 0 aliphatic heterocycles. The lowest BCUT2D eigenvalue weighted by molar-refractivity contribution is 0.398. The van der Waals surface area contributed by atoms with E-state index in [1.54, 1.807) is 19.4 Å². The monoisotopic (exact) mass is 409 g/mol. The number of phenols is 2. The van der Waals surface area contributed by atoms with Crippen LogP contribution in [0, 0.1) is 0 Å². The molecule has 0 saturated heterocycles. The summed E-state index contributed by atoms with van der Waals surface area (Å²) in [4.78, 5) is 0. The number of rotatable bonds is 8. The molecule has 2 aromatic carbocycles. The molecule has 3 aromatic rings. The van der Waals surface area contributed by atoms with Crippen molar-refractivity contribution in [3.63, 3.8) is 0 Å². The predicted octanol–water partition coefficient (Wildman–Crippen LogP) is 5.33. The summed E-state index contributed by atoms with van der Waals surface area (Å²) in [5.74, 6) is 0.713. The van der Waals surface area contributed by atoms with Gasteiger partial charge in [-0.15, -0.1) is 10.2 Å². The number of phenolic OH excluding ortho intramolecular Hbond substituents is 2. The van der Waals surface area contributed by atoms with Crippen LogP contribution in [0.25, 0.3) is 11.3 Å². The third kappa shape index (κ3) is 6.44. The zero-order valence-corrected chi connectivity index (χ0v) is 18.0. The number of aromatic nitrogens is 3. The largest absolute Gasteiger partial charge is 0.504 e. The van der Waals surface area contributed by atoms with Gasteiger partial charge in [-0.25, -0.2) is 0 Å². The summed E-state index contributed by atoms with van der Waals surface area (Å²) >= 11 is 0. The van der Waals surface area contributed by atoms with Crippen molar-refractivity contribution >= 4 is 0 Å². The van der Waals surface area contributed by atoms with Crippen LogP contribution >= 0.6 is 0 Å². The number of aryl methyl sites for hydroxylation is 1. The maximum Gasteiger partial charge on any atom is 0.167 e. The summed E-state index contributed by atoms with van der Waals surface area (Å²) in [5.41, 5.74) is 3.76. The van der Waals surface area contributed by atoms with Crippen LogP contribution in [-0.4, -0.2) is 32.7 Å². The molecule has 3 rings (SSSR count). The van der Waals surface area contributed by atoms with Crippen LogP contribution in [0.3, 0.4) is 0 Å². The second-order valence-electron chi connectivity index (χ2n) is 6.95. The molecule has 6 heteroatoms. The minimum Gasteiger partial charge on any atom is -0.504 e. The van der Waals surface area contributed by atoms with E-state index in [9.17, 15) is 10.2 Å². The van der Waals surface area contributed by atoms with Crippen LogP contribution in [0.5, 0.6) is 17.2 Å². The van der Waals surface area contributed by atoms with Crippen LogP contribution in [0.2, 0.25) is 0 Å². The molecule has 0 fully saturated rings. The fourth-order valence-electron chi connectivity index (χ4n) is 3.21. The Hall–Kier alpha value is -3.15. The lowest BCUT2D eigenvalue weighted by Gasteiger charge is -2.11. The van der Waals surface area contributed by atoms with Crippen molar-refractivity contribution in [3.05, 3.63) is 59.8 Å². The highest BCUT2D eigenvalue weighted by atomic mass is 16.5. The molecule has 0 spiro atoms. The minimum atomic E-state index is 0.00249. The molecule has 30 heavy (non-hydrogen) atoms. The maximum absolute atomic E-state index is 9.82. The van der Waals surface area contributed by atoms with Crippen molar-refractivity contribution in [2.45, 2.75) is 52.4 Å². The van der Waals surface area contributed by atoms with Crippen molar-refractivity contribution < 1.29 is 14.9 Å². The van der Waals surface area contributed by atoms with E-state index in [0.717, 1.165) is 36.0 Å². The zero-order chi connectivity index (χ0) is 21.8. The van der Waals surface area contributed by atoms with Gasteiger partial charge in [-0.2, -0.15) is 0 Å². The Balaban J connectivity index is 0.000000215. The molecular formula is C24H31N3O3. The van der Waals surface area contributed by atoms with Gasteiger partial charge in [0.2, 0.25) is 0 Å². The van der Waals surface area contributed by atoms with Crippen LogP contribution in [0.1, 0.15) is 50.7 Å². The Bertz CT molecular complexity index is 901. The van der Waals surface area contributed by atoms with E-state index >= 15 is 0 Å². The predicted molar refractivity (Wildman–Crippen MR) is 119 cm³/mol. The molecule has 0 radical (unpaired) electrons. The summed E-state index contributed by atoms with van der Waals surface area (Å²) in [6, 6.07) is 13.2. The van der Waals surface area contributed by atoms with E-state index in [-0.39, 0.29) is 11.5 Å². The van der Waals surface area contributed by atoms with Crippen LogP contribution in [-0.2, 0) is 12.8 Å². The number of hydrogen-bond acceptors (Lipinski definition) is 6. The lowest BCUT2D eigenvalue weighted by Crippen LogP contribution is -1.95. The Morgan fingerprint density at radius 3 is 2.37 bits per heavy atom. The van der Waals surface area contributed by atoms with Gasteiger partial charge < -0.3 is 14.9 Å². The molecule has 0 atom stereocenters. The zero-order valence-electron chi connectivity index (χ0n) is 18.0. The van der Waals surface area contributed by atoms with Gasteiger partial charge in [0.05, 0.1) is 13.3 Å². The number of aromatic hydroxyl groups is 2. The molecule has 160 valence electrons.